The number of piperazine rings is 1. The average molecular weight is 636 g/mol. The van der Waals surface area contributed by atoms with Gasteiger partial charge >= 0.3 is 6.09 Å². The van der Waals surface area contributed by atoms with Crippen LogP contribution in [0.1, 0.15) is 64.0 Å². The molecule has 1 aliphatic heterocycles. The minimum absolute atomic E-state index is 0.0767. The van der Waals surface area contributed by atoms with E-state index < -0.39 is 17.7 Å². The number of amides is 3. The maximum absolute atomic E-state index is 14.2. The number of rotatable bonds is 15. The Morgan fingerprint density at radius 2 is 1.65 bits per heavy atom. The summed E-state index contributed by atoms with van der Waals surface area (Å²) < 4.78 is 7.25. The first-order chi connectivity index (χ1) is 22.0. The molecule has 1 aromatic carbocycles. The number of benzene rings is 1. The Morgan fingerprint density at radius 3 is 2.30 bits per heavy atom. The molecule has 3 unspecified atom stereocenters. The number of carbonyl (C=O) groups excluding carboxylic acids is 3. The van der Waals surface area contributed by atoms with E-state index in [1.54, 1.807) is 0 Å². The van der Waals surface area contributed by atoms with E-state index in [9.17, 15) is 14.4 Å². The fraction of sp³-hybridized carbons (Fsp3) is 0.611. The fourth-order valence-corrected chi connectivity index (χ4v) is 6.28. The highest BCUT2D eigenvalue weighted by Crippen LogP contribution is 2.38. The monoisotopic (exact) mass is 635 g/mol. The zero-order chi connectivity index (χ0) is 33.1. The molecule has 3 N–H and O–H groups in total. The van der Waals surface area contributed by atoms with Gasteiger partial charge in [0.05, 0.1) is 6.42 Å². The standard InChI is InChI=1S/C36H54N6O4/c1-36(2,3)46-35(45)37-18-10-9-15-30(38-32(43)25-28-14-11-19-41(5)26-28)34(44)39-31(24-27-12-7-6-8-13-27)33(29-16-17-29)42-22-20-40(4)21-23-42/h6-8,11-14,19,26,29-31,33H,9-10,15-18,20-25H2,1-5H3,(H2-,37,38,39,43,44,45)/p+1. The predicted molar refractivity (Wildman–Crippen MR) is 179 cm³/mol. The van der Waals surface area contributed by atoms with Crippen molar-refractivity contribution in [2.45, 2.75) is 89.4 Å². The van der Waals surface area contributed by atoms with E-state index in [-0.39, 0.29) is 30.3 Å². The van der Waals surface area contributed by atoms with Crippen LogP contribution in [0.4, 0.5) is 4.79 Å². The van der Waals surface area contributed by atoms with Gasteiger partial charge in [-0.25, -0.2) is 9.36 Å². The zero-order valence-electron chi connectivity index (χ0n) is 28.5. The van der Waals surface area contributed by atoms with Crippen molar-refractivity contribution in [1.29, 1.82) is 0 Å². The second kappa shape index (κ2) is 16.9. The SMILES string of the molecule is CN1CCN(C(C2CC2)C(Cc2ccccc2)NC(=O)C(CCCCNC(=O)OC(C)(C)C)NC(=O)Cc2ccc[n+](C)c2)CC1. The number of aromatic nitrogens is 1. The van der Waals surface area contributed by atoms with Crippen molar-refractivity contribution < 1.29 is 23.7 Å². The van der Waals surface area contributed by atoms with Crippen LogP contribution in [-0.2, 0) is 34.2 Å². The molecule has 252 valence electrons. The molecular weight excluding hydrogens is 580 g/mol. The molecule has 4 rings (SSSR count). The van der Waals surface area contributed by atoms with Crippen LogP contribution in [0.5, 0.6) is 0 Å². The van der Waals surface area contributed by atoms with Gasteiger partial charge in [-0.15, -0.1) is 0 Å². The van der Waals surface area contributed by atoms with Crippen LogP contribution in [-0.4, -0.2) is 91.2 Å². The van der Waals surface area contributed by atoms with Gasteiger partial charge in [0.2, 0.25) is 11.8 Å². The number of hydrogen-bond acceptors (Lipinski definition) is 6. The lowest BCUT2D eigenvalue weighted by Gasteiger charge is -2.42. The fourth-order valence-electron chi connectivity index (χ4n) is 6.28. The van der Waals surface area contributed by atoms with E-state index in [4.69, 9.17) is 4.74 Å². The van der Waals surface area contributed by atoms with Crippen LogP contribution in [0.3, 0.4) is 0 Å². The topological polar surface area (TPSA) is 107 Å². The van der Waals surface area contributed by atoms with Crippen molar-refractivity contribution in [3.63, 3.8) is 0 Å². The average Bonchev–Trinajstić information content (AvgIpc) is 3.82. The Morgan fingerprint density at radius 1 is 0.957 bits per heavy atom. The van der Waals surface area contributed by atoms with Crippen molar-refractivity contribution in [1.82, 2.24) is 25.8 Å². The first-order valence-electron chi connectivity index (χ1n) is 16.9. The number of unbranched alkanes of at least 4 members (excludes halogenated alkanes) is 1. The van der Waals surface area contributed by atoms with Crippen LogP contribution in [0.15, 0.2) is 54.9 Å². The minimum Gasteiger partial charge on any atom is -0.444 e. The van der Waals surface area contributed by atoms with Crippen molar-refractivity contribution >= 4 is 17.9 Å². The molecule has 2 heterocycles. The smallest absolute Gasteiger partial charge is 0.407 e. The predicted octanol–water partition coefficient (Wildman–Crippen LogP) is 2.99. The van der Waals surface area contributed by atoms with Gasteiger partial charge < -0.3 is 25.6 Å². The molecule has 10 heteroatoms. The van der Waals surface area contributed by atoms with E-state index in [2.05, 4.69) is 44.9 Å². The second-order valence-electron chi connectivity index (χ2n) is 14.1. The van der Waals surface area contributed by atoms with Crippen LogP contribution >= 0.6 is 0 Å². The number of ether oxygens (including phenoxy) is 1. The molecule has 10 nitrogen and oxygen atoms in total. The number of carbonyl (C=O) groups is 3. The second-order valence-corrected chi connectivity index (χ2v) is 14.1. The lowest BCUT2D eigenvalue weighted by molar-refractivity contribution is -0.671. The molecular formula is C36H55N6O4+. The summed E-state index contributed by atoms with van der Waals surface area (Å²) in [5.74, 6) is 0.228. The van der Waals surface area contributed by atoms with Gasteiger partial charge in [0.15, 0.2) is 12.4 Å². The highest BCUT2D eigenvalue weighted by Gasteiger charge is 2.42. The van der Waals surface area contributed by atoms with Crippen molar-refractivity contribution in [2.75, 3.05) is 39.8 Å². The number of aryl methyl sites for hydroxylation is 1. The highest BCUT2D eigenvalue weighted by atomic mass is 16.6. The Labute approximate surface area is 275 Å². The molecule has 1 aliphatic carbocycles. The summed E-state index contributed by atoms with van der Waals surface area (Å²) in [5, 5.41) is 9.31. The third-order valence-electron chi connectivity index (χ3n) is 8.71. The molecule has 0 spiro atoms. The lowest BCUT2D eigenvalue weighted by Crippen LogP contribution is -2.60. The zero-order valence-corrected chi connectivity index (χ0v) is 28.5. The van der Waals surface area contributed by atoms with Gasteiger partial charge in [-0.3, -0.25) is 14.5 Å². The normalized spacial score (nSPS) is 17.8. The van der Waals surface area contributed by atoms with Gasteiger partial charge in [0.25, 0.3) is 0 Å². The third kappa shape index (κ3) is 12.0. The number of nitrogens with zero attached hydrogens (tertiary/aromatic N) is 3. The van der Waals surface area contributed by atoms with E-state index in [0.717, 1.165) is 38.2 Å². The number of hydrogen-bond donors (Lipinski definition) is 3. The number of likely N-dealkylation sites (N-methyl/N-ethyl adjacent to an activating group) is 1. The molecule has 1 saturated carbocycles. The summed E-state index contributed by atoms with van der Waals surface area (Å²) in [6.45, 7) is 9.92. The number of pyridine rings is 1. The maximum Gasteiger partial charge on any atom is 0.407 e. The van der Waals surface area contributed by atoms with Gasteiger partial charge in [0, 0.05) is 56.4 Å². The minimum atomic E-state index is -0.683. The van der Waals surface area contributed by atoms with Crippen LogP contribution in [0, 0.1) is 5.92 Å². The third-order valence-corrected chi connectivity index (χ3v) is 8.71. The molecule has 0 bridgehead atoms. The summed E-state index contributed by atoms with van der Waals surface area (Å²) in [6, 6.07) is 13.7. The highest BCUT2D eigenvalue weighted by molar-refractivity contribution is 5.88. The Balaban J connectivity index is 1.46. The molecule has 3 atom stereocenters. The Bertz CT molecular complexity index is 1270. The van der Waals surface area contributed by atoms with Gasteiger partial charge in [-0.05, 0) is 83.9 Å². The first kappa shape index (κ1) is 35.4. The molecule has 46 heavy (non-hydrogen) atoms. The molecule has 2 aromatic rings. The largest absolute Gasteiger partial charge is 0.444 e. The van der Waals surface area contributed by atoms with Crippen molar-refractivity contribution in [3.05, 3.63) is 66.0 Å². The van der Waals surface area contributed by atoms with Crippen LogP contribution < -0.4 is 20.5 Å². The van der Waals surface area contributed by atoms with E-state index >= 15 is 0 Å². The molecule has 3 amide bonds. The number of nitrogens with one attached hydrogen (secondary N) is 3. The van der Waals surface area contributed by atoms with Crippen LogP contribution in [0.25, 0.3) is 0 Å². The summed E-state index contributed by atoms with van der Waals surface area (Å²) in [7, 11) is 4.09. The van der Waals surface area contributed by atoms with Gasteiger partial charge in [-0.2, -0.15) is 0 Å². The molecule has 2 fully saturated rings. The summed E-state index contributed by atoms with van der Waals surface area (Å²) in [6.07, 6.45) is 8.46. The van der Waals surface area contributed by atoms with Crippen molar-refractivity contribution in [3.8, 4) is 0 Å². The molecule has 2 aliphatic rings. The lowest BCUT2D eigenvalue weighted by atomic mass is 9.93. The van der Waals surface area contributed by atoms with E-state index in [1.165, 1.54) is 18.4 Å². The summed E-state index contributed by atoms with van der Waals surface area (Å²) in [5.41, 5.74) is 1.51. The number of alkyl carbamates (subject to hydrolysis) is 1. The maximum atomic E-state index is 14.2. The first-order valence-corrected chi connectivity index (χ1v) is 16.9. The molecule has 0 radical (unpaired) electrons. The summed E-state index contributed by atoms with van der Waals surface area (Å²) >= 11 is 0. The molecule has 1 aromatic heterocycles. The summed E-state index contributed by atoms with van der Waals surface area (Å²) in [4.78, 5) is 44.5. The van der Waals surface area contributed by atoms with Gasteiger partial charge in [-0.1, -0.05) is 30.3 Å². The quantitative estimate of drug-likeness (QED) is 0.205. The van der Waals surface area contributed by atoms with E-state index in [0.29, 0.717) is 31.7 Å². The van der Waals surface area contributed by atoms with Gasteiger partial charge in [0.1, 0.15) is 18.7 Å². The van der Waals surface area contributed by atoms with Crippen LogP contribution in [0.2, 0.25) is 0 Å². The molecule has 1 saturated heterocycles. The van der Waals surface area contributed by atoms with E-state index in [1.807, 2.05) is 75.1 Å². The Hall–Kier alpha value is -3.50. The van der Waals surface area contributed by atoms with Crippen molar-refractivity contribution in [2.24, 2.45) is 13.0 Å². The Kier molecular flexibility index (Phi) is 13.0.